The van der Waals surface area contributed by atoms with Crippen molar-refractivity contribution in [3.8, 4) is 16.9 Å². The number of nitrogens with zero attached hydrogens (tertiary/aromatic N) is 5. The van der Waals surface area contributed by atoms with Crippen LogP contribution < -0.4 is 15.6 Å². The Hall–Kier alpha value is -4.56. The molecule has 1 N–H and O–H groups in total. The van der Waals surface area contributed by atoms with Gasteiger partial charge in [-0.1, -0.05) is 50.3 Å². The van der Waals surface area contributed by atoms with Gasteiger partial charge in [0.1, 0.15) is 24.0 Å². The monoisotopic (exact) mass is 522 g/mol. The van der Waals surface area contributed by atoms with E-state index in [1.54, 1.807) is 23.2 Å². The molecule has 8 nitrogen and oxygen atoms in total. The molecule has 1 aromatic carbocycles. The van der Waals surface area contributed by atoms with Gasteiger partial charge in [0.25, 0.3) is 5.56 Å². The summed E-state index contributed by atoms with van der Waals surface area (Å²) in [7, 11) is 0. The quantitative estimate of drug-likeness (QED) is 0.182. The van der Waals surface area contributed by atoms with Gasteiger partial charge in [0.05, 0.1) is 23.6 Å². The first kappa shape index (κ1) is 27.5. The van der Waals surface area contributed by atoms with Crippen LogP contribution in [0.3, 0.4) is 0 Å². The smallest absolute Gasteiger partial charge is 0.263 e. The molecule has 0 bridgehead atoms. The number of anilines is 2. The Kier molecular flexibility index (Phi) is 9.37. The molecule has 0 saturated heterocycles. The molecule has 39 heavy (non-hydrogen) atoms. The number of allylic oxidation sites excluding steroid dienone is 3. The van der Waals surface area contributed by atoms with Crippen molar-refractivity contribution in [1.82, 2.24) is 19.4 Å². The topological polar surface area (TPSA) is 84.6 Å². The summed E-state index contributed by atoms with van der Waals surface area (Å²) >= 11 is 0. The third kappa shape index (κ3) is 6.66. The predicted octanol–water partition coefficient (Wildman–Crippen LogP) is 6.00. The second kappa shape index (κ2) is 13.3. The van der Waals surface area contributed by atoms with Crippen molar-refractivity contribution in [3.63, 3.8) is 0 Å². The fraction of sp³-hybridized carbons (Fsp3) is 0.226. The van der Waals surface area contributed by atoms with Crippen LogP contribution in [0.4, 0.5) is 11.6 Å². The molecule has 0 fully saturated rings. The Bertz CT molecular complexity index is 1520. The summed E-state index contributed by atoms with van der Waals surface area (Å²) in [5.41, 5.74) is 2.52. The van der Waals surface area contributed by atoms with Crippen LogP contribution in [0, 0.1) is 0 Å². The second-order valence-corrected chi connectivity index (χ2v) is 8.81. The van der Waals surface area contributed by atoms with Crippen molar-refractivity contribution in [2.24, 2.45) is 4.99 Å². The van der Waals surface area contributed by atoms with Gasteiger partial charge in [0, 0.05) is 29.8 Å². The Labute approximate surface area is 229 Å². The molecule has 0 radical (unpaired) electrons. The van der Waals surface area contributed by atoms with Gasteiger partial charge < -0.3 is 15.0 Å². The summed E-state index contributed by atoms with van der Waals surface area (Å²) in [6.45, 7) is 13.2. The number of ether oxygens (including phenoxy) is 1. The molecule has 3 aromatic heterocycles. The summed E-state index contributed by atoms with van der Waals surface area (Å²) in [4.78, 5) is 29.1. The number of pyridine rings is 3. The molecule has 0 saturated carbocycles. The lowest BCUT2D eigenvalue weighted by molar-refractivity contribution is 0.222. The number of aromatic nitrogens is 3. The molecule has 0 aliphatic carbocycles. The minimum Gasteiger partial charge on any atom is -0.491 e. The minimum absolute atomic E-state index is 0.164. The molecule has 0 unspecified atom stereocenters. The van der Waals surface area contributed by atoms with Crippen LogP contribution >= 0.6 is 0 Å². The van der Waals surface area contributed by atoms with Crippen molar-refractivity contribution in [2.45, 2.75) is 20.8 Å². The van der Waals surface area contributed by atoms with Crippen molar-refractivity contribution < 1.29 is 4.74 Å². The van der Waals surface area contributed by atoms with Crippen LogP contribution in [-0.2, 0) is 0 Å². The molecule has 4 aromatic rings. The maximum atomic E-state index is 13.8. The van der Waals surface area contributed by atoms with Crippen LogP contribution in [0.15, 0.2) is 95.1 Å². The highest BCUT2D eigenvalue weighted by atomic mass is 16.5. The summed E-state index contributed by atoms with van der Waals surface area (Å²) in [6.07, 6.45) is 8.71. The van der Waals surface area contributed by atoms with Crippen molar-refractivity contribution in [2.75, 3.05) is 31.6 Å². The zero-order valence-electron chi connectivity index (χ0n) is 22.7. The lowest BCUT2D eigenvalue weighted by Crippen LogP contribution is -2.27. The van der Waals surface area contributed by atoms with E-state index in [1.807, 2.05) is 73.7 Å². The summed E-state index contributed by atoms with van der Waals surface area (Å²) < 4.78 is 7.48. The normalized spacial score (nSPS) is 11.8. The van der Waals surface area contributed by atoms with Gasteiger partial charge in [-0.05, 0) is 56.6 Å². The Morgan fingerprint density at radius 2 is 1.85 bits per heavy atom. The van der Waals surface area contributed by atoms with Gasteiger partial charge in [-0.2, -0.15) is 0 Å². The van der Waals surface area contributed by atoms with Gasteiger partial charge in [-0.15, -0.1) is 0 Å². The zero-order chi connectivity index (χ0) is 27.6. The molecule has 0 amide bonds. The molecule has 0 spiro atoms. The van der Waals surface area contributed by atoms with Crippen LogP contribution in [0.1, 0.15) is 20.8 Å². The van der Waals surface area contributed by atoms with Crippen molar-refractivity contribution >= 4 is 35.0 Å². The van der Waals surface area contributed by atoms with E-state index < -0.39 is 0 Å². The molecule has 200 valence electrons. The molecule has 3 heterocycles. The number of hydrogen-bond acceptors (Lipinski definition) is 7. The zero-order valence-corrected chi connectivity index (χ0v) is 22.7. The minimum atomic E-state index is -0.164. The van der Waals surface area contributed by atoms with E-state index in [1.165, 1.54) is 0 Å². The highest BCUT2D eigenvalue weighted by Crippen LogP contribution is 2.26. The number of nitrogens with one attached hydrogen (secondary N) is 1. The lowest BCUT2D eigenvalue weighted by atomic mass is 10.1. The average Bonchev–Trinajstić information content (AvgIpc) is 2.96. The van der Waals surface area contributed by atoms with E-state index in [9.17, 15) is 4.79 Å². The van der Waals surface area contributed by atoms with Gasteiger partial charge in [0.2, 0.25) is 0 Å². The molecule has 0 aliphatic heterocycles. The first-order valence-electron chi connectivity index (χ1n) is 13.1. The third-order valence-electron chi connectivity index (χ3n) is 6.35. The van der Waals surface area contributed by atoms with Gasteiger partial charge in [-0.25, -0.2) is 9.97 Å². The highest BCUT2D eigenvalue weighted by molar-refractivity contribution is 5.89. The third-order valence-corrected chi connectivity index (χ3v) is 6.35. The van der Waals surface area contributed by atoms with E-state index in [-0.39, 0.29) is 5.56 Å². The number of rotatable bonds is 12. The number of fused-ring (bicyclic) bond motifs is 1. The molecule has 4 rings (SSSR count). The number of aliphatic imine (C=N–C) groups is 1. The summed E-state index contributed by atoms with van der Waals surface area (Å²) in [5, 5.41) is 4.05. The average molecular weight is 523 g/mol. The molecule has 0 aliphatic rings. The van der Waals surface area contributed by atoms with E-state index in [0.717, 1.165) is 30.6 Å². The van der Waals surface area contributed by atoms with Gasteiger partial charge in [0.15, 0.2) is 0 Å². The Morgan fingerprint density at radius 3 is 2.51 bits per heavy atom. The molecule has 8 heteroatoms. The van der Waals surface area contributed by atoms with Crippen LogP contribution in [0.25, 0.3) is 27.7 Å². The lowest BCUT2D eigenvalue weighted by Gasteiger charge is -2.18. The highest BCUT2D eigenvalue weighted by Gasteiger charge is 2.14. The summed E-state index contributed by atoms with van der Waals surface area (Å²) in [5.74, 6) is 1.88. The number of hydrogen-bond donors (Lipinski definition) is 1. The standard InChI is InChI=1S/C31H34N6O2/c1-5-11-25(21-32-4)37-28-19-30(33-20-24(28)18-27(31(37)38)23-12-9-8-10-13-23)35-29-15-14-26(22-34-29)39-17-16-36(6-2)7-3/h5,8-15,18-22H,4,6-7,16-17H2,1-3H3,(H,33,34,35)/b11-5-,25-21+. The van der Waals surface area contributed by atoms with Gasteiger partial charge >= 0.3 is 0 Å². The largest absolute Gasteiger partial charge is 0.491 e. The SMILES string of the molecule is C=N/C=C(\C=C/C)n1c(=O)c(-c2ccccc2)cc2cnc(Nc3ccc(OCCN(CC)CC)cn3)cc21. The van der Waals surface area contributed by atoms with E-state index in [2.05, 4.69) is 45.7 Å². The van der Waals surface area contributed by atoms with E-state index in [0.29, 0.717) is 40.8 Å². The maximum absolute atomic E-state index is 13.8. The first-order valence-corrected chi connectivity index (χ1v) is 13.1. The van der Waals surface area contributed by atoms with Crippen molar-refractivity contribution in [1.29, 1.82) is 0 Å². The Balaban J connectivity index is 1.67. The predicted molar refractivity (Wildman–Crippen MR) is 161 cm³/mol. The van der Waals surface area contributed by atoms with E-state index >= 15 is 0 Å². The van der Waals surface area contributed by atoms with E-state index in [4.69, 9.17) is 4.74 Å². The fourth-order valence-electron chi connectivity index (χ4n) is 4.30. The molecular formula is C31H34N6O2. The van der Waals surface area contributed by atoms with Crippen LogP contribution in [0.5, 0.6) is 5.75 Å². The molecule has 0 atom stereocenters. The van der Waals surface area contributed by atoms with Crippen LogP contribution in [0.2, 0.25) is 0 Å². The molecular weight excluding hydrogens is 488 g/mol. The van der Waals surface area contributed by atoms with Gasteiger partial charge in [-0.3, -0.25) is 14.4 Å². The Morgan fingerprint density at radius 1 is 1.08 bits per heavy atom. The maximum Gasteiger partial charge on any atom is 0.263 e. The van der Waals surface area contributed by atoms with Crippen LogP contribution in [-0.4, -0.2) is 52.4 Å². The second-order valence-electron chi connectivity index (χ2n) is 8.81. The number of benzene rings is 1. The van der Waals surface area contributed by atoms with Crippen molar-refractivity contribution in [3.05, 3.63) is 95.7 Å². The summed E-state index contributed by atoms with van der Waals surface area (Å²) in [6, 6.07) is 17.0. The fourth-order valence-corrected chi connectivity index (χ4v) is 4.30. The first-order chi connectivity index (χ1) is 19.1. The number of likely N-dealkylation sites (N-methyl/N-ethyl adjacent to an activating group) is 1.